The highest BCUT2D eigenvalue weighted by atomic mass is 16.5. The number of amides is 1. The molecular weight excluding hydrogens is 334 g/mol. The Morgan fingerprint density at radius 2 is 2.15 bits per heavy atom. The molecule has 3 rings (SSSR count). The lowest BCUT2D eigenvalue weighted by Crippen LogP contribution is -2.36. The zero-order valence-corrected chi connectivity index (χ0v) is 15.6. The first-order valence-corrected chi connectivity index (χ1v) is 9.33. The van der Waals surface area contributed by atoms with Crippen LogP contribution in [0.5, 0.6) is 0 Å². The molecule has 1 N–H and O–H groups in total. The van der Waals surface area contributed by atoms with Crippen molar-refractivity contribution in [1.29, 1.82) is 0 Å². The van der Waals surface area contributed by atoms with Gasteiger partial charge in [-0.1, -0.05) is 25.9 Å². The van der Waals surface area contributed by atoms with Crippen molar-refractivity contribution in [1.82, 2.24) is 25.2 Å². The molecule has 2 aromatic heterocycles. The van der Waals surface area contributed by atoms with E-state index in [0.29, 0.717) is 30.5 Å². The first kappa shape index (κ1) is 18.6. The van der Waals surface area contributed by atoms with Gasteiger partial charge in [-0.15, -0.1) is 0 Å². The third-order valence-corrected chi connectivity index (χ3v) is 4.61. The minimum atomic E-state index is -0.319. The number of aryl methyl sites for hydroxylation is 1. The van der Waals surface area contributed by atoms with Crippen LogP contribution in [0, 0.1) is 5.92 Å². The predicted octanol–water partition coefficient (Wildman–Crippen LogP) is 2.70. The fourth-order valence-electron chi connectivity index (χ4n) is 3.10. The molecule has 1 amide bonds. The summed E-state index contributed by atoms with van der Waals surface area (Å²) in [7, 11) is 0. The number of nitrogens with zero attached hydrogens (tertiary/aromatic N) is 4. The summed E-state index contributed by atoms with van der Waals surface area (Å²) in [5.74, 6) is 1.33. The average molecular weight is 361 g/mol. The van der Waals surface area contributed by atoms with Crippen LogP contribution < -0.4 is 5.32 Å². The van der Waals surface area contributed by atoms with E-state index in [9.17, 15) is 4.79 Å². The average Bonchev–Trinajstić information content (AvgIpc) is 3.30. The van der Waals surface area contributed by atoms with Crippen molar-refractivity contribution >= 4 is 5.91 Å². The van der Waals surface area contributed by atoms with Crippen molar-refractivity contribution in [3.8, 4) is 0 Å². The van der Waals surface area contributed by atoms with Crippen LogP contribution in [-0.4, -0.2) is 39.0 Å². The summed E-state index contributed by atoms with van der Waals surface area (Å²) in [6.45, 7) is 8.24. The quantitative estimate of drug-likeness (QED) is 0.815. The number of nitrogens with one attached hydrogen (secondary N) is 1. The number of hydrogen-bond acceptors (Lipinski definition) is 6. The Labute approximate surface area is 153 Å². The molecule has 3 heterocycles. The van der Waals surface area contributed by atoms with Crippen molar-refractivity contribution in [2.24, 2.45) is 5.92 Å². The van der Waals surface area contributed by atoms with Crippen LogP contribution in [0.4, 0.5) is 0 Å². The van der Waals surface area contributed by atoms with E-state index in [1.54, 1.807) is 17.1 Å². The van der Waals surface area contributed by atoms with E-state index in [-0.39, 0.29) is 23.8 Å². The first-order chi connectivity index (χ1) is 12.6. The van der Waals surface area contributed by atoms with E-state index in [0.717, 1.165) is 25.8 Å². The monoisotopic (exact) mass is 361 g/mol. The minimum Gasteiger partial charge on any atom is -0.381 e. The summed E-state index contributed by atoms with van der Waals surface area (Å²) >= 11 is 0. The Kier molecular flexibility index (Phi) is 6.03. The highest BCUT2D eigenvalue weighted by Gasteiger charge is 2.32. The van der Waals surface area contributed by atoms with Crippen LogP contribution in [0.25, 0.3) is 0 Å². The zero-order chi connectivity index (χ0) is 18.5. The van der Waals surface area contributed by atoms with Crippen LogP contribution in [0.15, 0.2) is 16.9 Å². The molecule has 1 fully saturated rings. The van der Waals surface area contributed by atoms with E-state index in [1.807, 2.05) is 13.8 Å². The van der Waals surface area contributed by atoms with E-state index in [2.05, 4.69) is 27.5 Å². The normalized spacial score (nSPS) is 16.8. The van der Waals surface area contributed by atoms with Crippen LogP contribution in [0.3, 0.4) is 0 Å². The Bertz CT molecular complexity index is 718. The maximum absolute atomic E-state index is 12.7. The SMILES string of the molecule is CCCn1cc(C(=O)N[C@H](c2nc(C(C)C)no2)C2CCOCC2)cn1. The van der Waals surface area contributed by atoms with Gasteiger partial charge in [0.15, 0.2) is 5.82 Å². The van der Waals surface area contributed by atoms with Gasteiger partial charge in [0, 0.05) is 31.9 Å². The molecule has 2 aromatic rings. The fourth-order valence-corrected chi connectivity index (χ4v) is 3.10. The number of carbonyl (C=O) groups is 1. The van der Waals surface area contributed by atoms with Gasteiger partial charge in [0.2, 0.25) is 5.89 Å². The topological polar surface area (TPSA) is 95.1 Å². The molecule has 0 aliphatic carbocycles. The smallest absolute Gasteiger partial charge is 0.255 e. The van der Waals surface area contributed by atoms with Gasteiger partial charge in [0.1, 0.15) is 6.04 Å². The van der Waals surface area contributed by atoms with Gasteiger partial charge >= 0.3 is 0 Å². The summed E-state index contributed by atoms with van der Waals surface area (Å²) in [6, 6.07) is -0.319. The molecule has 1 aliphatic rings. The van der Waals surface area contributed by atoms with Crippen molar-refractivity contribution in [3.05, 3.63) is 29.7 Å². The lowest BCUT2D eigenvalue weighted by molar-refractivity contribution is 0.0467. The van der Waals surface area contributed by atoms with Crippen molar-refractivity contribution < 1.29 is 14.1 Å². The number of aromatic nitrogens is 4. The number of hydrogen-bond donors (Lipinski definition) is 1. The van der Waals surface area contributed by atoms with Gasteiger partial charge in [-0.05, 0) is 25.2 Å². The van der Waals surface area contributed by atoms with E-state index < -0.39 is 0 Å². The van der Waals surface area contributed by atoms with E-state index in [1.165, 1.54) is 0 Å². The molecule has 0 spiro atoms. The molecule has 0 bridgehead atoms. The second-order valence-corrected chi connectivity index (χ2v) is 7.04. The van der Waals surface area contributed by atoms with Gasteiger partial charge < -0.3 is 14.6 Å². The summed E-state index contributed by atoms with van der Waals surface area (Å²) in [5, 5.41) is 11.4. The molecule has 0 aromatic carbocycles. The van der Waals surface area contributed by atoms with Gasteiger partial charge in [-0.2, -0.15) is 10.1 Å². The van der Waals surface area contributed by atoms with Gasteiger partial charge in [0.05, 0.1) is 11.8 Å². The molecule has 142 valence electrons. The zero-order valence-electron chi connectivity index (χ0n) is 15.6. The molecule has 1 atom stereocenters. The van der Waals surface area contributed by atoms with Crippen molar-refractivity contribution in [3.63, 3.8) is 0 Å². The largest absolute Gasteiger partial charge is 0.381 e. The van der Waals surface area contributed by atoms with Crippen LogP contribution in [0.2, 0.25) is 0 Å². The van der Waals surface area contributed by atoms with Crippen LogP contribution in [-0.2, 0) is 11.3 Å². The third kappa shape index (κ3) is 4.30. The van der Waals surface area contributed by atoms with E-state index in [4.69, 9.17) is 9.26 Å². The van der Waals surface area contributed by atoms with Gasteiger partial charge in [-0.3, -0.25) is 9.48 Å². The molecule has 26 heavy (non-hydrogen) atoms. The minimum absolute atomic E-state index is 0.172. The van der Waals surface area contributed by atoms with Crippen molar-refractivity contribution in [2.75, 3.05) is 13.2 Å². The molecule has 8 nitrogen and oxygen atoms in total. The highest BCUT2D eigenvalue weighted by Crippen LogP contribution is 2.30. The number of carbonyl (C=O) groups excluding carboxylic acids is 1. The Balaban J connectivity index is 1.78. The van der Waals surface area contributed by atoms with Crippen molar-refractivity contribution in [2.45, 2.75) is 58.5 Å². The number of rotatable bonds is 7. The third-order valence-electron chi connectivity index (χ3n) is 4.61. The summed E-state index contributed by atoms with van der Waals surface area (Å²) in [6.07, 6.45) is 6.03. The molecule has 0 unspecified atom stereocenters. The summed E-state index contributed by atoms with van der Waals surface area (Å²) < 4.78 is 12.7. The standard InChI is InChI=1S/C18H27N5O3/c1-4-7-23-11-14(10-19-23)17(24)20-15(13-5-8-25-9-6-13)18-21-16(12(2)3)22-26-18/h10-13,15H,4-9H2,1-3H3,(H,20,24)/t15-/m0/s1. The molecule has 1 saturated heterocycles. The highest BCUT2D eigenvalue weighted by molar-refractivity contribution is 5.93. The molecule has 1 aliphatic heterocycles. The Morgan fingerprint density at radius 3 is 2.81 bits per heavy atom. The molecule has 0 saturated carbocycles. The van der Waals surface area contributed by atoms with Crippen LogP contribution in [0.1, 0.15) is 74.1 Å². The summed E-state index contributed by atoms with van der Waals surface area (Å²) in [4.78, 5) is 17.3. The molecule has 0 radical (unpaired) electrons. The predicted molar refractivity (Wildman–Crippen MR) is 94.7 cm³/mol. The van der Waals surface area contributed by atoms with Gasteiger partial charge in [-0.25, -0.2) is 0 Å². The first-order valence-electron chi connectivity index (χ1n) is 9.33. The Hall–Kier alpha value is -2.22. The van der Waals surface area contributed by atoms with Crippen LogP contribution >= 0.6 is 0 Å². The lowest BCUT2D eigenvalue weighted by Gasteiger charge is -2.28. The Morgan fingerprint density at radius 1 is 1.38 bits per heavy atom. The lowest BCUT2D eigenvalue weighted by atomic mass is 9.91. The second kappa shape index (κ2) is 8.44. The van der Waals surface area contributed by atoms with E-state index >= 15 is 0 Å². The maximum atomic E-state index is 12.7. The van der Waals surface area contributed by atoms with Gasteiger partial charge in [0.25, 0.3) is 5.91 Å². The second-order valence-electron chi connectivity index (χ2n) is 7.04. The summed E-state index contributed by atoms with van der Waals surface area (Å²) in [5.41, 5.74) is 0.541. The number of ether oxygens (including phenoxy) is 1. The maximum Gasteiger partial charge on any atom is 0.255 e. The molecular formula is C18H27N5O3. The molecule has 8 heteroatoms. The fraction of sp³-hybridized carbons (Fsp3) is 0.667.